The minimum absolute atomic E-state index is 0.356. The van der Waals surface area contributed by atoms with Gasteiger partial charge < -0.3 is 5.73 Å². The van der Waals surface area contributed by atoms with Gasteiger partial charge in [0.05, 0.1) is 5.41 Å². The van der Waals surface area contributed by atoms with E-state index in [4.69, 9.17) is 1.37 Å². The Labute approximate surface area is 110 Å². The molecule has 0 heteroatoms. The summed E-state index contributed by atoms with van der Waals surface area (Å²) in [5.41, 5.74) is 4.91. The molecule has 1 aliphatic rings. The third-order valence-corrected chi connectivity index (χ3v) is 3.32. The molecule has 86 valence electrons. The summed E-state index contributed by atoms with van der Waals surface area (Å²) in [4.78, 5) is 0. The van der Waals surface area contributed by atoms with E-state index in [9.17, 15) is 0 Å². The van der Waals surface area contributed by atoms with Crippen LogP contribution in [0.25, 0.3) is 0 Å². The Kier molecular flexibility index (Phi) is 2.44. The molecule has 0 amide bonds. The first-order chi connectivity index (χ1) is 9.31. The van der Waals surface area contributed by atoms with Gasteiger partial charge in [-0.25, -0.2) is 0 Å². The van der Waals surface area contributed by atoms with Gasteiger partial charge in [0.1, 0.15) is 0 Å². The van der Waals surface area contributed by atoms with Crippen LogP contribution in [0.4, 0.5) is 0 Å². The van der Waals surface area contributed by atoms with Crippen LogP contribution >= 0.6 is 0 Å². The van der Waals surface area contributed by atoms with Crippen molar-refractivity contribution in [2.24, 2.45) is 0 Å². The molecule has 0 fully saturated rings. The van der Waals surface area contributed by atoms with Crippen molar-refractivity contribution in [1.29, 1.82) is 0 Å². The Morgan fingerprint density at radius 3 is 2.00 bits per heavy atom. The van der Waals surface area contributed by atoms with E-state index in [0.29, 0.717) is 6.05 Å². The first kappa shape index (κ1) is 9.70. The molecule has 0 nitrogen and oxygen atoms in total. The molecule has 0 aliphatic heterocycles. The fourth-order valence-corrected chi connectivity index (χ4v) is 2.38. The zero-order valence-corrected chi connectivity index (χ0v) is 10.0. The quantitative estimate of drug-likeness (QED) is 0.539. The molecule has 0 saturated carbocycles. The number of hydrogen-bond donors (Lipinski definition) is 0. The van der Waals surface area contributed by atoms with Gasteiger partial charge in [-0.15, -0.1) is 0 Å². The maximum atomic E-state index is 7.92. The molecule has 0 radical (unpaired) electrons. The fraction of sp³-hybridized carbons (Fsp3) is 0.0556. The van der Waals surface area contributed by atoms with Crippen molar-refractivity contribution in [2.75, 3.05) is 0 Å². The van der Waals surface area contributed by atoms with E-state index < -0.39 is 0 Å². The molecule has 0 N–H and O–H groups in total. The molecule has 0 unspecified atom stereocenters. The lowest BCUT2D eigenvalue weighted by atomic mass is 9.68. The average molecular weight is 231 g/mol. The molecule has 0 atom stereocenters. The zero-order valence-electron chi connectivity index (χ0n) is 11.0. The van der Waals surface area contributed by atoms with Gasteiger partial charge in [-0.05, 0) is 17.2 Å². The zero-order chi connectivity index (χ0) is 13.1. The van der Waals surface area contributed by atoms with E-state index in [1.807, 2.05) is 48.9 Å². The topological polar surface area (TPSA) is 0 Å². The van der Waals surface area contributed by atoms with Gasteiger partial charge in [-0.3, -0.25) is 0 Å². The van der Waals surface area contributed by atoms with Crippen molar-refractivity contribution in [3.63, 3.8) is 0 Å². The summed E-state index contributed by atoms with van der Waals surface area (Å²) in [6.07, 6.45) is 5.91. The van der Waals surface area contributed by atoms with Gasteiger partial charge in [0.25, 0.3) is 0 Å². The van der Waals surface area contributed by atoms with Gasteiger partial charge in [-0.1, -0.05) is 60.7 Å². The summed E-state index contributed by atoms with van der Waals surface area (Å²) in [5, 5.41) is 0. The van der Waals surface area contributed by atoms with Crippen LogP contribution < -0.4 is 0 Å². The Hall–Kier alpha value is -2.30. The number of allylic oxidation sites excluding steroid dienone is 1. The van der Waals surface area contributed by atoms with Crippen LogP contribution in [-0.4, -0.2) is 0 Å². The van der Waals surface area contributed by atoms with Crippen LogP contribution in [-0.2, 0) is 5.41 Å². The molecule has 3 rings (SSSR count). The lowest BCUT2D eigenvalue weighted by molar-refractivity contribution is 0.724. The lowest BCUT2D eigenvalue weighted by Crippen LogP contribution is -2.28. The molecule has 0 bridgehead atoms. The maximum Gasteiger partial charge on any atom is 0.0565 e. The van der Waals surface area contributed by atoms with Crippen molar-refractivity contribution in [3.8, 4) is 0 Å². The minimum atomic E-state index is -0.356. The van der Waals surface area contributed by atoms with E-state index in [2.05, 4.69) is 36.4 Å². The standard InChI is InChI=1S/C18H14/c1-4-10-16(11-5-1)18(14-8-3-9-15-18)17-12-6-2-7-13-17/h1-2,4-15H/i8D. The van der Waals surface area contributed by atoms with Crippen LogP contribution in [0, 0.1) is 12.8 Å². The van der Waals surface area contributed by atoms with Crippen molar-refractivity contribution >= 4 is 0 Å². The van der Waals surface area contributed by atoms with E-state index in [1.165, 1.54) is 11.1 Å². The van der Waals surface area contributed by atoms with Crippen LogP contribution in [0.2, 0.25) is 0 Å². The van der Waals surface area contributed by atoms with E-state index in [0.717, 1.165) is 0 Å². The molecule has 1 aliphatic carbocycles. The second-order valence-corrected chi connectivity index (χ2v) is 4.37. The van der Waals surface area contributed by atoms with E-state index >= 15 is 0 Å². The number of rotatable bonds is 2. The Balaban J connectivity index is 2.16. The van der Waals surface area contributed by atoms with Crippen molar-refractivity contribution < 1.29 is 1.37 Å². The Morgan fingerprint density at radius 2 is 1.50 bits per heavy atom. The predicted octanol–water partition coefficient (Wildman–Crippen LogP) is 4.11. The summed E-state index contributed by atoms with van der Waals surface area (Å²) in [6, 6.07) is 21.0. The molecule has 2 aromatic rings. The predicted molar refractivity (Wildman–Crippen MR) is 74.9 cm³/mol. The lowest BCUT2D eigenvalue weighted by Gasteiger charge is -2.35. The highest BCUT2D eigenvalue weighted by atomic mass is 14.3. The van der Waals surface area contributed by atoms with Gasteiger partial charge in [0.15, 0.2) is 0 Å². The maximum absolute atomic E-state index is 7.92. The average Bonchev–Trinajstić information content (AvgIpc) is 2.49. The van der Waals surface area contributed by atoms with Crippen LogP contribution in [0.3, 0.4) is 0 Å². The smallest absolute Gasteiger partial charge is 0.0565 e. The van der Waals surface area contributed by atoms with Gasteiger partial charge in [-0.2, -0.15) is 12.5 Å². The van der Waals surface area contributed by atoms with Crippen molar-refractivity contribution in [2.45, 2.75) is 5.41 Å². The van der Waals surface area contributed by atoms with Gasteiger partial charge in [0.2, 0.25) is 0 Å². The van der Waals surface area contributed by atoms with Crippen LogP contribution in [0.1, 0.15) is 12.5 Å². The molecular formula is C18H14. The monoisotopic (exact) mass is 231 g/mol. The Morgan fingerprint density at radius 1 is 0.944 bits per heavy atom. The molecule has 0 saturated heterocycles. The Bertz CT molecular complexity index is 580. The summed E-state index contributed by atoms with van der Waals surface area (Å²) < 4.78 is 7.92. The molecule has 0 heterocycles. The fourth-order valence-electron chi connectivity index (χ4n) is 2.38. The van der Waals surface area contributed by atoms with E-state index in [-0.39, 0.29) is 5.41 Å². The third kappa shape index (κ3) is 1.73. The molecule has 18 heavy (non-hydrogen) atoms. The van der Waals surface area contributed by atoms with Crippen LogP contribution in [0.15, 0.2) is 78.5 Å². The second kappa shape index (κ2) is 4.52. The van der Waals surface area contributed by atoms with Crippen molar-refractivity contribution in [3.05, 3.63) is 102 Å². The third-order valence-electron chi connectivity index (χ3n) is 3.32. The molecule has 0 aromatic heterocycles. The first-order valence-electron chi connectivity index (χ1n) is 6.56. The highest BCUT2D eigenvalue weighted by Crippen LogP contribution is 2.39. The first-order valence-corrected chi connectivity index (χ1v) is 6.06. The van der Waals surface area contributed by atoms with Crippen LogP contribution in [0.5, 0.6) is 0 Å². The number of hydrogen-bond acceptors (Lipinski definition) is 0. The largest absolute Gasteiger partial charge is 0.329 e. The van der Waals surface area contributed by atoms with Gasteiger partial charge in [0, 0.05) is 7.79 Å². The minimum Gasteiger partial charge on any atom is -0.329 e. The summed E-state index contributed by atoms with van der Waals surface area (Å²) in [6.45, 7) is 0. The van der Waals surface area contributed by atoms with Crippen molar-refractivity contribution in [1.82, 2.24) is 0 Å². The van der Waals surface area contributed by atoms with Gasteiger partial charge >= 0.3 is 0 Å². The molecule has 2 aromatic carbocycles. The summed E-state index contributed by atoms with van der Waals surface area (Å²) in [7, 11) is 0. The van der Waals surface area contributed by atoms with E-state index in [1.54, 1.807) is 0 Å². The summed E-state index contributed by atoms with van der Waals surface area (Å²) in [5.74, 6) is 0. The highest BCUT2D eigenvalue weighted by molar-refractivity contribution is 5.51. The SMILES string of the molecule is [2H]C1=C=C[CH+]C(c2ccccc2)(c2ccccc2)[CH-]1. The number of benzene rings is 2. The highest BCUT2D eigenvalue weighted by Gasteiger charge is 2.32. The normalized spacial score (nSPS) is 17.1. The second-order valence-electron chi connectivity index (χ2n) is 4.37. The molecular weight excluding hydrogens is 216 g/mol. The summed E-state index contributed by atoms with van der Waals surface area (Å²) >= 11 is 0. The molecule has 0 spiro atoms.